The van der Waals surface area contributed by atoms with Gasteiger partial charge in [0.15, 0.2) is 0 Å². The zero-order valence-corrected chi connectivity index (χ0v) is 12.0. The van der Waals surface area contributed by atoms with Crippen LogP contribution >= 0.6 is 24.2 Å². The number of hydrogen-bond acceptors (Lipinski definition) is 3. The molecule has 0 spiro atoms. The third-order valence-corrected chi connectivity index (χ3v) is 4.04. The van der Waals surface area contributed by atoms with Crippen LogP contribution in [0.4, 0.5) is 0 Å². The summed E-state index contributed by atoms with van der Waals surface area (Å²) in [7, 11) is 0. The lowest BCUT2D eigenvalue weighted by molar-refractivity contribution is -0.129. The van der Waals surface area contributed by atoms with Crippen molar-refractivity contribution in [3.63, 3.8) is 0 Å². The van der Waals surface area contributed by atoms with E-state index in [-0.39, 0.29) is 29.6 Å². The normalized spacial score (nSPS) is 20.3. The maximum atomic E-state index is 12.4. The van der Waals surface area contributed by atoms with Crippen LogP contribution in [-0.4, -0.2) is 36.2 Å². The molecule has 5 heteroatoms. The van der Waals surface area contributed by atoms with Crippen molar-refractivity contribution in [3.05, 3.63) is 35.9 Å². The Bertz CT molecular complexity index is 388. The summed E-state index contributed by atoms with van der Waals surface area (Å²) in [5, 5.41) is -0.0958. The predicted octanol–water partition coefficient (Wildman–Crippen LogP) is 2.07. The van der Waals surface area contributed by atoms with E-state index in [2.05, 4.69) is 0 Å². The van der Waals surface area contributed by atoms with E-state index in [1.54, 1.807) is 11.8 Å². The summed E-state index contributed by atoms with van der Waals surface area (Å²) in [6.45, 7) is 1.49. The third-order valence-electron chi connectivity index (χ3n) is 3.10. The summed E-state index contributed by atoms with van der Waals surface area (Å²) >= 11 is 1.59. The fourth-order valence-electron chi connectivity index (χ4n) is 2.16. The Labute approximate surface area is 119 Å². The summed E-state index contributed by atoms with van der Waals surface area (Å²) < 4.78 is 0. The van der Waals surface area contributed by atoms with Crippen molar-refractivity contribution in [2.24, 2.45) is 5.73 Å². The number of likely N-dealkylation sites (tertiary alicyclic amines) is 1. The molecule has 3 nitrogen and oxygen atoms in total. The topological polar surface area (TPSA) is 46.3 Å². The first-order chi connectivity index (χ1) is 8.22. The van der Waals surface area contributed by atoms with E-state index in [4.69, 9.17) is 5.73 Å². The molecule has 0 bridgehead atoms. The summed E-state index contributed by atoms with van der Waals surface area (Å²) in [6.07, 6.45) is 2.90. The van der Waals surface area contributed by atoms with Crippen LogP contribution in [0.5, 0.6) is 0 Å². The van der Waals surface area contributed by atoms with E-state index in [1.807, 2.05) is 41.5 Å². The molecular formula is C13H19ClN2OS. The Morgan fingerprint density at radius 1 is 1.44 bits per heavy atom. The molecule has 18 heavy (non-hydrogen) atoms. The van der Waals surface area contributed by atoms with E-state index < -0.39 is 0 Å². The molecule has 1 aliphatic rings. The molecule has 1 unspecified atom stereocenters. The molecule has 1 fully saturated rings. The second kappa shape index (κ2) is 7.02. The third kappa shape index (κ3) is 3.40. The fourth-order valence-corrected chi connectivity index (χ4v) is 2.94. The van der Waals surface area contributed by atoms with Crippen molar-refractivity contribution in [2.75, 3.05) is 19.3 Å². The SMILES string of the molecule is CSC(C(=O)N1CC[C@@H](N)C1)c1ccccc1.Cl. The fraction of sp³-hybridized carbons (Fsp3) is 0.462. The lowest BCUT2D eigenvalue weighted by Crippen LogP contribution is -2.34. The molecule has 1 heterocycles. The van der Waals surface area contributed by atoms with Gasteiger partial charge in [0.25, 0.3) is 0 Å². The number of carbonyl (C=O) groups excluding carboxylic acids is 1. The van der Waals surface area contributed by atoms with Crippen molar-refractivity contribution in [1.29, 1.82) is 0 Å². The van der Waals surface area contributed by atoms with E-state index in [9.17, 15) is 4.79 Å². The van der Waals surface area contributed by atoms with Crippen molar-refractivity contribution < 1.29 is 4.79 Å². The van der Waals surface area contributed by atoms with Crippen LogP contribution in [-0.2, 0) is 4.79 Å². The number of hydrogen-bond donors (Lipinski definition) is 1. The highest BCUT2D eigenvalue weighted by atomic mass is 35.5. The van der Waals surface area contributed by atoms with Gasteiger partial charge in [-0.25, -0.2) is 0 Å². The Morgan fingerprint density at radius 3 is 2.61 bits per heavy atom. The zero-order chi connectivity index (χ0) is 12.3. The van der Waals surface area contributed by atoms with Crippen LogP contribution in [0.1, 0.15) is 17.2 Å². The van der Waals surface area contributed by atoms with Crippen LogP contribution in [0.25, 0.3) is 0 Å². The standard InChI is InChI=1S/C13H18N2OS.ClH/c1-17-12(10-5-3-2-4-6-10)13(16)15-8-7-11(14)9-15;/h2-6,11-12H,7-9,14H2,1H3;1H/t11-,12?;/m1./s1. The van der Waals surface area contributed by atoms with Gasteiger partial charge in [-0.15, -0.1) is 24.2 Å². The maximum Gasteiger partial charge on any atom is 0.240 e. The summed E-state index contributed by atoms with van der Waals surface area (Å²) in [5.74, 6) is 0.191. The lowest BCUT2D eigenvalue weighted by Gasteiger charge is -2.22. The minimum Gasteiger partial charge on any atom is -0.340 e. The molecule has 100 valence electrons. The van der Waals surface area contributed by atoms with Gasteiger partial charge in [-0.3, -0.25) is 4.79 Å². The van der Waals surface area contributed by atoms with Crippen LogP contribution in [0.3, 0.4) is 0 Å². The molecule has 0 radical (unpaired) electrons. The molecule has 1 aliphatic heterocycles. The lowest BCUT2D eigenvalue weighted by atomic mass is 10.1. The minimum atomic E-state index is -0.0958. The van der Waals surface area contributed by atoms with E-state index in [1.165, 1.54) is 0 Å². The molecule has 1 saturated heterocycles. The van der Waals surface area contributed by atoms with Gasteiger partial charge in [0, 0.05) is 19.1 Å². The minimum absolute atomic E-state index is 0. The highest BCUT2D eigenvalue weighted by molar-refractivity contribution is 7.99. The molecular weight excluding hydrogens is 268 g/mol. The van der Waals surface area contributed by atoms with E-state index in [0.29, 0.717) is 6.54 Å². The van der Waals surface area contributed by atoms with Crippen LogP contribution in [0.2, 0.25) is 0 Å². The van der Waals surface area contributed by atoms with Gasteiger partial charge in [0.1, 0.15) is 5.25 Å². The number of amides is 1. The highest BCUT2D eigenvalue weighted by Gasteiger charge is 2.29. The second-order valence-corrected chi connectivity index (χ2v) is 5.30. The Morgan fingerprint density at radius 2 is 2.11 bits per heavy atom. The van der Waals surface area contributed by atoms with Gasteiger partial charge < -0.3 is 10.6 Å². The van der Waals surface area contributed by atoms with Gasteiger partial charge in [0.2, 0.25) is 5.91 Å². The number of nitrogens with two attached hydrogens (primary N) is 1. The van der Waals surface area contributed by atoms with Gasteiger partial charge in [-0.2, -0.15) is 0 Å². The molecule has 0 aromatic heterocycles. The number of benzene rings is 1. The van der Waals surface area contributed by atoms with Gasteiger partial charge >= 0.3 is 0 Å². The number of thioether (sulfide) groups is 1. The van der Waals surface area contributed by atoms with Gasteiger partial charge in [-0.1, -0.05) is 30.3 Å². The monoisotopic (exact) mass is 286 g/mol. The zero-order valence-electron chi connectivity index (χ0n) is 10.4. The molecule has 2 atom stereocenters. The van der Waals surface area contributed by atoms with E-state index >= 15 is 0 Å². The Kier molecular flexibility index (Phi) is 5.99. The smallest absolute Gasteiger partial charge is 0.240 e. The number of carbonyl (C=O) groups is 1. The van der Waals surface area contributed by atoms with Crippen molar-refractivity contribution in [3.8, 4) is 0 Å². The van der Waals surface area contributed by atoms with Crippen LogP contribution in [0.15, 0.2) is 30.3 Å². The average molecular weight is 287 g/mol. The first-order valence-electron chi connectivity index (χ1n) is 5.84. The maximum absolute atomic E-state index is 12.4. The number of halogens is 1. The molecule has 0 saturated carbocycles. The first kappa shape index (κ1) is 15.3. The molecule has 1 aromatic carbocycles. The summed E-state index contributed by atoms with van der Waals surface area (Å²) in [6, 6.07) is 10.1. The van der Waals surface area contributed by atoms with Gasteiger partial charge in [0.05, 0.1) is 0 Å². The number of nitrogens with zero attached hydrogens (tertiary/aromatic N) is 1. The van der Waals surface area contributed by atoms with Crippen molar-refractivity contribution in [2.45, 2.75) is 17.7 Å². The largest absolute Gasteiger partial charge is 0.340 e. The van der Waals surface area contributed by atoms with Gasteiger partial charge in [-0.05, 0) is 18.2 Å². The highest BCUT2D eigenvalue weighted by Crippen LogP contribution is 2.29. The summed E-state index contributed by atoms with van der Waals surface area (Å²) in [5.41, 5.74) is 6.92. The second-order valence-electron chi connectivity index (χ2n) is 4.36. The molecule has 0 aliphatic carbocycles. The number of rotatable bonds is 3. The first-order valence-corrected chi connectivity index (χ1v) is 7.13. The Balaban J connectivity index is 0.00000162. The molecule has 1 aromatic rings. The Hall–Kier alpha value is -0.710. The van der Waals surface area contributed by atoms with Crippen LogP contribution in [0, 0.1) is 0 Å². The average Bonchev–Trinajstić information content (AvgIpc) is 2.78. The van der Waals surface area contributed by atoms with Crippen molar-refractivity contribution >= 4 is 30.1 Å². The predicted molar refractivity (Wildman–Crippen MR) is 79.1 cm³/mol. The molecule has 2 rings (SSSR count). The molecule has 2 N–H and O–H groups in total. The van der Waals surface area contributed by atoms with Crippen molar-refractivity contribution in [1.82, 2.24) is 4.90 Å². The quantitative estimate of drug-likeness (QED) is 0.925. The molecule has 1 amide bonds. The van der Waals surface area contributed by atoms with E-state index in [0.717, 1.165) is 18.5 Å². The van der Waals surface area contributed by atoms with Crippen LogP contribution < -0.4 is 5.73 Å². The summed E-state index contributed by atoms with van der Waals surface area (Å²) in [4.78, 5) is 14.3.